The zero-order valence-corrected chi connectivity index (χ0v) is 23.2. The van der Waals surface area contributed by atoms with Crippen molar-refractivity contribution in [2.45, 2.75) is 6.04 Å². The van der Waals surface area contributed by atoms with Gasteiger partial charge in [0.2, 0.25) is 0 Å². The summed E-state index contributed by atoms with van der Waals surface area (Å²) in [6.45, 7) is 2.70. The van der Waals surface area contributed by atoms with E-state index in [9.17, 15) is 4.39 Å². The van der Waals surface area contributed by atoms with Crippen LogP contribution in [0.1, 0.15) is 0 Å². The highest BCUT2D eigenvalue weighted by Crippen LogP contribution is 2.35. The third kappa shape index (κ3) is 4.91. The average molecular weight is 565 g/mol. The standard InChI is InChI=1S/C30H29FN10O/c1-40(2)5-6-42-21-8-17(7-19(31)10-21)28-22-11-25(36-24(22)3-4-34-28)29-23-9-18(12-35-30(23)39-38-29)26-13-33-14-27(37-26)41-15-20(32)16-41/h3-4,7-14,20,36H,5-6,15-16,32H2,1-2H3,(H,35,38,39). The zero-order chi connectivity index (χ0) is 28.8. The molecule has 1 aliphatic rings. The van der Waals surface area contributed by atoms with Crippen molar-refractivity contribution in [2.75, 3.05) is 45.2 Å². The smallest absolute Gasteiger partial charge is 0.181 e. The number of nitrogens with one attached hydrogen (secondary N) is 2. The first kappa shape index (κ1) is 26.0. The average Bonchev–Trinajstić information content (AvgIpc) is 3.59. The van der Waals surface area contributed by atoms with E-state index < -0.39 is 0 Å². The number of halogens is 1. The molecule has 5 aromatic heterocycles. The lowest BCUT2D eigenvalue weighted by molar-refractivity contribution is 0.260. The van der Waals surface area contributed by atoms with Gasteiger partial charge in [-0.05, 0) is 44.4 Å². The van der Waals surface area contributed by atoms with Gasteiger partial charge in [-0.2, -0.15) is 5.10 Å². The molecule has 212 valence electrons. The molecule has 4 N–H and O–H groups in total. The van der Waals surface area contributed by atoms with E-state index in [0.29, 0.717) is 35.0 Å². The number of aromatic nitrogens is 7. The summed E-state index contributed by atoms with van der Waals surface area (Å²) in [5.41, 5.74) is 11.8. The number of anilines is 1. The van der Waals surface area contributed by atoms with Crippen LogP contribution in [0.4, 0.5) is 10.2 Å². The van der Waals surface area contributed by atoms with Crippen LogP contribution in [-0.4, -0.2) is 86.4 Å². The first-order valence-electron chi connectivity index (χ1n) is 13.6. The fraction of sp³-hybridized carbons (Fsp3) is 0.233. The van der Waals surface area contributed by atoms with Gasteiger partial charge in [0.15, 0.2) is 5.65 Å². The molecule has 12 heteroatoms. The summed E-state index contributed by atoms with van der Waals surface area (Å²) in [6, 6.07) is 10.7. The third-order valence-corrected chi connectivity index (χ3v) is 7.33. The van der Waals surface area contributed by atoms with Crippen LogP contribution in [0.25, 0.3) is 55.8 Å². The number of pyridine rings is 2. The van der Waals surface area contributed by atoms with Gasteiger partial charge >= 0.3 is 0 Å². The summed E-state index contributed by atoms with van der Waals surface area (Å²) >= 11 is 0. The summed E-state index contributed by atoms with van der Waals surface area (Å²) in [4.78, 5) is 25.9. The van der Waals surface area contributed by atoms with Gasteiger partial charge < -0.3 is 25.3 Å². The second-order valence-electron chi connectivity index (χ2n) is 10.8. The molecule has 6 heterocycles. The molecule has 0 spiro atoms. The molecule has 1 aliphatic heterocycles. The predicted molar refractivity (Wildman–Crippen MR) is 160 cm³/mol. The monoisotopic (exact) mass is 564 g/mol. The Kier molecular flexibility index (Phi) is 6.48. The Bertz CT molecular complexity index is 1910. The maximum absolute atomic E-state index is 14.6. The van der Waals surface area contributed by atoms with Crippen molar-refractivity contribution < 1.29 is 9.13 Å². The van der Waals surface area contributed by atoms with Crippen LogP contribution in [0, 0.1) is 5.82 Å². The number of benzene rings is 1. The molecule has 0 amide bonds. The summed E-state index contributed by atoms with van der Waals surface area (Å²) < 4.78 is 20.4. The predicted octanol–water partition coefficient (Wildman–Crippen LogP) is 3.85. The third-order valence-electron chi connectivity index (χ3n) is 7.33. The van der Waals surface area contributed by atoms with Crippen molar-refractivity contribution in [3.05, 3.63) is 67.0 Å². The summed E-state index contributed by atoms with van der Waals surface area (Å²) in [7, 11) is 3.93. The quantitative estimate of drug-likeness (QED) is 0.252. The largest absolute Gasteiger partial charge is 0.492 e. The number of fused-ring (bicyclic) bond motifs is 2. The molecule has 0 bridgehead atoms. The number of ether oxygens (including phenoxy) is 1. The number of likely N-dealkylation sites (N-methyl/N-ethyl adjacent to an activating group) is 1. The molecule has 0 aliphatic carbocycles. The van der Waals surface area contributed by atoms with Crippen LogP contribution < -0.4 is 15.4 Å². The Morgan fingerprint density at radius 2 is 1.93 bits per heavy atom. The number of nitrogens with zero attached hydrogens (tertiary/aromatic N) is 7. The van der Waals surface area contributed by atoms with E-state index in [2.05, 4.69) is 35.0 Å². The highest BCUT2D eigenvalue weighted by molar-refractivity contribution is 6.00. The highest BCUT2D eigenvalue weighted by atomic mass is 19.1. The van der Waals surface area contributed by atoms with Crippen molar-refractivity contribution >= 4 is 27.8 Å². The van der Waals surface area contributed by atoms with Crippen LogP contribution in [-0.2, 0) is 0 Å². The van der Waals surface area contributed by atoms with E-state index in [4.69, 9.17) is 15.5 Å². The lowest BCUT2D eigenvalue weighted by Crippen LogP contribution is -2.56. The fourth-order valence-electron chi connectivity index (χ4n) is 5.14. The lowest BCUT2D eigenvalue weighted by Gasteiger charge is -2.37. The Morgan fingerprint density at radius 1 is 1.05 bits per heavy atom. The fourth-order valence-corrected chi connectivity index (χ4v) is 5.14. The second kappa shape index (κ2) is 10.5. The molecular formula is C30H29FN10O. The summed E-state index contributed by atoms with van der Waals surface area (Å²) in [6.07, 6.45) is 6.93. The molecule has 0 unspecified atom stereocenters. The minimum absolute atomic E-state index is 0.165. The van der Waals surface area contributed by atoms with Gasteiger partial charge in [-0.1, -0.05) is 0 Å². The van der Waals surface area contributed by atoms with Gasteiger partial charge in [0.25, 0.3) is 0 Å². The molecule has 11 nitrogen and oxygen atoms in total. The number of hydrogen-bond donors (Lipinski definition) is 3. The Labute approximate surface area is 240 Å². The summed E-state index contributed by atoms with van der Waals surface area (Å²) in [5, 5.41) is 9.22. The zero-order valence-electron chi connectivity index (χ0n) is 23.2. The van der Waals surface area contributed by atoms with Crippen LogP contribution >= 0.6 is 0 Å². The molecule has 1 aromatic carbocycles. The molecule has 1 saturated heterocycles. The Hall–Kier alpha value is -4.94. The Balaban J connectivity index is 1.24. The minimum atomic E-state index is -0.385. The normalized spacial score (nSPS) is 13.8. The number of hydrogen-bond acceptors (Lipinski definition) is 9. The first-order valence-corrected chi connectivity index (χ1v) is 13.6. The van der Waals surface area contributed by atoms with Crippen molar-refractivity contribution in [3.63, 3.8) is 0 Å². The van der Waals surface area contributed by atoms with E-state index >= 15 is 0 Å². The van der Waals surface area contributed by atoms with Crippen molar-refractivity contribution in [1.29, 1.82) is 0 Å². The van der Waals surface area contributed by atoms with Crippen molar-refractivity contribution in [3.8, 4) is 39.7 Å². The number of nitrogens with two attached hydrogens (primary N) is 1. The van der Waals surface area contributed by atoms with Gasteiger partial charge in [-0.25, -0.2) is 14.4 Å². The van der Waals surface area contributed by atoms with Crippen LogP contribution in [0.2, 0.25) is 0 Å². The second-order valence-corrected chi connectivity index (χ2v) is 10.8. The highest BCUT2D eigenvalue weighted by Gasteiger charge is 2.25. The molecular weight excluding hydrogens is 535 g/mol. The summed E-state index contributed by atoms with van der Waals surface area (Å²) in [5.74, 6) is 0.869. The van der Waals surface area contributed by atoms with E-state index in [1.54, 1.807) is 24.8 Å². The van der Waals surface area contributed by atoms with Crippen LogP contribution in [0.5, 0.6) is 5.75 Å². The molecule has 7 rings (SSSR count). The van der Waals surface area contributed by atoms with Crippen LogP contribution in [0.15, 0.2) is 61.2 Å². The van der Waals surface area contributed by atoms with Crippen molar-refractivity contribution in [2.24, 2.45) is 5.73 Å². The molecule has 0 atom stereocenters. The van der Waals surface area contributed by atoms with E-state index in [-0.39, 0.29) is 11.9 Å². The minimum Gasteiger partial charge on any atom is -0.492 e. The van der Waals surface area contributed by atoms with E-state index in [1.807, 2.05) is 43.3 Å². The first-order chi connectivity index (χ1) is 20.4. The van der Waals surface area contributed by atoms with Crippen LogP contribution in [0.3, 0.4) is 0 Å². The Morgan fingerprint density at radius 3 is 2.76 bits per heavy atom. The molecule has 0 radical (unpaired) electrons. The topological polar surface area (TPSA) is 138 Å². The van der Waals surface area contributed by atoms with E-state index in [0.717, 1.165) is 58.7 Å². The number of rotatable bonds is 8. The molecule has 6 aromatic rings. The SMILES string of the molecule is CN(C)CCOc1cc(F)cc(-c2nccc3[nH]c(-c4[nH]nc5ncc(-c6cncc(N7CC(N)C7)n6)cc45)cc23)c1. The number of H-pyrrole nitrogens is 2. The molecule has 0 saturated carbocycles. The van der Waals surface area contributed by atoms with E-state index in [1.165, 1.54) is 12.1 Å². The maximum Gasteiger partial charge on any atom is 0.181 e. The van der Waals surface area contributed by atoms with Gasteiger partial charge in [0.1, 0.15) is 24.0 Å². The van der Waals surface area contributed by atoms with Gasteiger partial charge in [0.05, 0.1) is 35.2 Å². The molecule has 42 heavy (non-hydrogen) atoms. The lowest BCUT2D eigenvalue weighted by atomic mass is 10.1. The molecule has 1 fully saturated rings. The van der Waals surface area contributed by atoms with Gasteiger partial charge in [0, 0.05) is 71.6 Å². The maximum atomic E-state index is 14.6. The van der Waals surface area contributed by atoms with Gasteiger partial charge in [-0.3, -0.25) is 15.1 Å². The number of aromatic amines is 2. The van der Waals surface area contributed by atoms with Gasteiger partial charge in [-0.15, -0.1) is 0 Å². The van der Waals surface area contributed by atoms with Crippen molar-refractivity contribution in [1.82, 2.24) is 40.0 Å².